The Morgan fingerprint density at radius 3 is 2.95 bits per heavy atom. The lowest BCUT2D eigenvalue weighted by molar-refractivity contribution is 0.0602. The molecule has 0 aliphatic carbocycles. The summed E-state index contributed by atoms with van der Waals surface area (Å²) in [4.78, 5) is 20.0. The number of aromatic nitrogens is 1. The van der Waals surface area contributed by atoms with Crippen molar-refractivity contribution in [1.82, 2.24) is 9.88 Å². The van der Waals surface area contributed by atoms with Gasteiger partial charge in [0.05, 0.1) is 24.5 Å². The first-order valence-electron chi connectivity index (χ1n) is 6.86. The van der Waals surface area contributed by atoms with E-state index in [1.54, 1.807) is 0 Å². The van der Waals surface area contributed by atoms with Crippen molar-refractivity contribution in [2.45, 2.75) is 18.6 Å². The number of anilines is 2. The second-order valence-electron chi connectivity index (χ2n) is 5.55. The molecule has 0 amide bonds. The van der Waals surface area contributed by atoms with E-state index in [9.17, 15) is 9.90 Å². The zero-order chi connectivity index (χ0) is 15.6. The van der Waals surface area contributed by atoms with Crippen LogP contribution in [0.1, 0.15) is 16.8 Å². The summed E-state index contributed by atoms with van der Waals surface area (Å²) < 4.78 is 4.72. The van der Waals surface area contributed by atoms with Crippen LogP contribution in [0.5, 0.6) is 0 Å². The second kappa shape index (κ2) is 6.28. The van der Waals surface area contributed by atoms with Crippen molar-refractivity contribution in [2.75, 3.05) is 44.9 Å². The Morgan fingerprint density at radius 2 is 2.33 bits per heavy atom. The topological polar surface area (TPSA) is 91.9 Å². The number of methoxy groups -OCH3 is 1. The highest BCUT2D eigenvalue weighted by atomic mass is 16.5. The highest BCUT2D eigenvalue weighted by Crippen LogP contribution is 2.31. The van der Waals surface area contributed by atoms with Crippen molar-refractivity contribution in [3.8, 4) is 0 Å². The quantitative estimate of drug-likeness (QED) is 0.752. The number of ether oxygens (including phenoxy) is 1. The molecule has 2 heterocycles. The molecule has 7 nitrogen and oxygen atoms in total. The SMILES string of the molecule is COC(=O)c1ccnc(N2CC(O)CC2CN(C)C)c1N. The number of rotatable bonds is 4. The Bertz CT molecular complexity index is 521. The lowest BCUT2D eigenvalue weighted by Crippen LogP contribution is -2.38. The van der Waals surface area contributed by atoms with Crippen LogP contribution in [0.15, 0.2) is 12.3 Å². The van der Waals surface area contributed by atoms with Gasteiger partial charge in [-0.05, 0) is 26.6 Å². The molecule has 2 unspecified atom stereocenters. The van der Waals surface area contributed by atoms with E-state index in [0.29, 0.717) is 30.0 Å². The van der Waals surface area contributed by atoms with E-state index in [-0.39, 0.29) is 6.04 Å². The van der Waals surface area contributed by atoms with Crippen LogP contribution in [0.25, 0.3) is 0 Å². The number of hydrogen-bond acceptors (Lipinski definition) is 7. The number of pyridine rings is 1. The minimum absolute atomic E-state index is 0.109. The standard InChI is InChI=1S/C14H22N4O3/c1-17(2)7-9-6-10(19)8-18(9)13-12(15)11(4-5-16-13)14(20)21-3/h4-5,9-10,19H,6-8,15H2,1-3H3. The first kappa shape index (κ1) is 15.5. The molecule has 116 valence electrons. The maximum Gasteiger partial charge on any atom is 0.340 e. The summed E-state index contributed by atoms with van der Waals surface area (Å²) in [5, 5.41) is 9.94. The van der Waals surface area contributed by atoms with Gasteiger partial charge in [0.15, 0.2) is 5.82 Å². The van der Waals surface area contributed by atoms with Crippen LogP contribution in [-0.2, 0) is 4.74 Å². The number of hydrogen-bond donors (Lipinski definition) is 2. The van der Waals surface area contributed by atoms with Gasteiger partial charge in [-0.2, -0.15) is 0 Å². The van der Waals surface area contributed by atoms with Gasteiger partial charge in [0.1, 0.15) is 0 Å². The van der Waals surface area contributed by atoms with E-state index in [1.807, 2.05) is 19.0 Å². The van der Waals surface area contributed by atoms with Crippen molar-refractivity contribution in [3.63, 3.8) is 0 Å². The van der Waals surface area contributed by atoms with Crippen LogP contribution in [0.2, 0.25) is 0 Å². The molecule has 1 fully saturated rings. The summed E-state index contributed by atoms with van der Waals surface area (Å²) in [5.74, 6) is 0.0429. The van der Waals surface area contributed by atoms with Gasteiger partial charge < -0.3 is 25.4 Å². The lowest BCUT2D eigenvalue weighted by Gasteiger charge is -2.28. The molecule has 0 radical (unpaired) electrons. The molecule has 1 aromatic rings. The molecular formula is C14H22N4O3. The van der Waals surface area contributed by atoms with Crippen LogP contribution < -0.4 is 10.6 Å². The number of esters is 1. The summed E-state index contributed by atoms with van der Waals surface area (Å²) in [6, 6.07) is 1.65. The molecule has 1 aliphatic heterocycles. The Hall–Kier alpha value is -1.86. The molecule has 7 heteroatoms. The summed E-state index contributed by atoms with van der Waals surface area (Å²) in [6.07, 6.45) is 1.77. The van der Waals surface area contributed by atoms with E-state index in [0.717, 1.165) is 6.54 Å². The van der Waals surface area contributed by atoms with Crippen LogP contribution in [0.4, 0.5) is 11.5 Å². The van der Waals surface area contributed by atoms with Crippen molar-refractivity contribution in [2.24, 2.45) is 0 Å². The van der Waals surface area contributed by atoms with Gasteiger partial charge >= 0.3 is 5.97 Å². The molecule has 2 atom stereocenters. The van der Waals surface area contributed by atoms with Crippen molar-refractivity contribution in [1.29, 1.82) is 0 Å². The number of carbonyl (C=O) groups excluding carboxylic acids is 1. The molecule has 1 aliphatic rings. The Kier molecular flexibility index (Phi) is 4.64. The summed E-state index contributed by atoms with van der Waals surface area (Å²) in [6.45, 7) is 1.24. The zero-order valence-corrected chi connectivity index (χ0v) is 12.6. The van der Waals surface area contributed by atoms with Gasteiger partial charge in [0.25, 0.3) is 0 Å². The molecular weight excluding hydrogens is 272 g/mol. The minimum atomic E-state index is -0.486. The molecule has 1 saturated heterocycles. The third-order valence-electron chi connectivity index (χ3n) is 3.61. The summed E-state index contributed by atoms with van der Waals surface area (Å²) in [7, 11) is 5.27. The highest BCUT2D eigenvalue weighted by Gasteiger charge is 2.33. The number of aliphatic hydroxyl groups excluding tert-OH is 1. The number of likely N-dealkylation sites (N-methyl/N-ethyl adjacent to an activating group) is 1. The first-order chi connectivity index (χ1) is 9.93. The van der Waals surface area contributed by atoms with E-state index in [2.05, 4.69) is 9.88 Å². The molecule has 3 N–H and O–H groups in total. The molecule has 0 saturated carbocycles. The smallest absolute Gasteiger partial charge is 0.340 e. The van der Waals surface area contributed by atoms with Gasteiger partial charge in [-0.1, -0.05) is 0 Å². The van der Waals surface area contributed by atoms with Crippen LogP contribution in [0, 0.1) is 0 Å². The fourth-order valence-corrected chi connectivity index (χ4v) is 2.72. The Balaban J connectivity index is 2.34. The van der Waals surface area contributed by atoms with Crippen molar-refractivity contribution < 1.29 is 14.6 Å². The summed E-state index contributed by atoms with van der Waals surface area (Å²) >= 11 is 0. The monoisotopic (exact) mass is 294 g/mol. The normalized spacial score (nSPS) is 21.9. The predicted octanol–water partition coefficient (Wildman–Crippen LogP) is -0.0484. The number of β-amino-alcohol motifs (C(OH)–C–C–N with tert-alkyl or cyclic N) is 1. The number of nitrogen functional groups attached to an aromatic ring is 1. The number of carbonyl (C=O) groups is 1. The zero-order valence-electron chi connectivity index (χ0n) is 12.6. The van der Waals surface area contributed by atoms with Gasteiger partial charge in [-0.3, -0.25) is 0 Å². The Labute approximate surface area is 124 Å². The maximum atomic E-state index is 11.7. The maximum absolute atomic E-state index is 11.7. The molecule has 0 spiro atoms. The van der Waals surface area contributed by atoms with E-state index >= 15 is 0 Å². The fourth-order valence-electron chi connectivity index (χ4n) is 2.72. The number of nitrogens with zero attached hydrogens (tertiary/aromatic N) is 3. The molecule has 21 heavy (non-hydrogen) atoms. The molecule has 2 rings (SSSR count). The van der Waals surface area contributed by atoms with Crippen molar-refractivity contribution >= 4 is 17.5 Å². The molecule has 0 bridgehead atoms. The predicted molar refractivity (Wildman–Crippen MR) is 80.3 cm³/mol. The largest absolute Gasteiger partial charge is 0.465 e. The van der Waals surface area contributed by atoms with Crippen LogP contribution in [-0.4, -0.2) is 67.4 Å². The van der Waals surface area contributed by atoms with Crippen molar-refractivity contribution in [3.05, 3.63) is 17.8 Å². The number of aliphatic hydroxyl groups is 1. The van der Waals surface area contributed by atoms with E-state index < -0.39 is 12.1 Å². The lowest BCUT2D eigenvalue weighted by atomic mass is 10.1. The van der Waals surface area contributed by atoms with Crippen LogP contribution >= 0.6 is 0 Å². The van der Waals surface area contributed by atoms with Crippen LogP contribution in [0.3, 0.4) is 0 Å². The summed E-state index contributed by atoms with van der Waals surface area (Å²) in [5.41, 5.74) is 6.67. The van der Waals surface area contributed by atoms with Gasteiger partial charge in [0, 0.05) is 25.3 Å². The van der Waals surface area contributed by atoms with Gasteiger partial charge in [-0.25, -0.2) is 9.78 Å². The van der Waals surface area contributed by atoms with E-state index in [4.69, 9.17) is 10.5 Å². The average molecular weight is 294 g/mol. The number of nitrogens with two attached hydrogens (primary N) is 1. The highest BCUT2D eigenvalue weighted by molar-refractivity contribution is 5.97. The van der Waals surface area contributed by atoms with Gasteiger partial charge in [-0.15, -0.1) is 0 Å². The molecule has 0 aromatic carbocycles. The average Bonchev–Trinajstić information content (AvgIpc) is 2.78. The molecule has 1 aromatic heterocycles. The Morgan fingerprint density at radius 1 is 1.62 bits per heavy atom. The fraction of sp³-hybridized carbons (Fsp3) is 0.571. The second-order valence-corrected chi connectivity index (χ2v) is 5.55. The first-order valence-corrected chi connectivity index (χ1v) is 6.86. The third kappa shape index (κ3) is 3.25. The minimum Gasteiger partial charge on any atom is -0.465 e. The van der Waals surface area contributed by atoms with E-state index in [1.165, 1.54) is 19.4 Å². The van der Waals surface area contributed by atoms with Gasteiger partial charge in [0.2, 0.25) is 0 Å². The third-order valence-corrected chi connectivity index (χ3v) is 3.61.